The predicted octanol–water partition coefficient (Wildman–Crippen LogP) is 1.21. The molecule has 2 aromatic heterocycles. The maximum absolute atomic E-state index is 11.9. The molecule has 21 heavy (non-hydrogen) atoms. The number of carbonyl (C=O) groups is 1. The van der Waals surface area contributed by atoms with Crippen molar-refractivity contribution >= 4 is 5.97 Å². The summed E-state index contributed by atoms with van der Waals surface area (Å²) in [6, 6.07) is 0. The van der Waals surface area contributed by atoms with Crippen molar-refractivity contribution in [1.29, 1.82) is 0 Å². The number of carboxylic acid groups (broad SMARTS) is 1. The third-order valence-electron chi connectivity index (χ3n) is 3.99. The van der Waals surface area contributed by atoms with Gasteiger partial charge in [-0.2, -0.15) is 0 Å². The number of H-pyrrole nitrogens is 1. The average molecular weight is 289 g/mol. The van der Waals surface area contributed by atoms with Crippen LogP contribution in [-0.2, 0) is 13.0 Å². The number of imidazole rings is 1. The molecule has 0 unspecified atom stereocenters. The normalized spacial score (nSPS) is 13.4. The quantitative estimate of drug-likeness (QED) is 0.731. The van der Waals surface area contributed by atoms with Crippen molar-refractivity contribution in [2.75, 3.05) is 0 Å². The van der Waals surface area contributed by atoms with Gasteiger partial charge in [0, 0.05) is 17.8 Å². The molecule has 0 atom stereocenters. The van der Waals surface area contributed by atoms with E-state index in [0.717, 1.165) is 17.8 Å². The number of pyridine rings is 1. The number of hydrogen-bond acceptors (Lipinski definition) is 4. The highest BCUT2D eigenvalue weighted by Crippen LogP contribution is 2.33. The van der Waals surface area contributed by atoms with Gasteiger partial charge in [-0.05, 0) is 26.7 Å². The van der Waals surface area contributed by atoms with Gasteiger partial charge in [0.15, 0.2) is 11.4 Å². The molecule has 0 saturated carbocycles. The first-order chi connectivity index (χ1) is 9.91. The SMILES string of the molecule is Cc1nc2n(c1C)CCCc1c-2[nH]c(=O)c(C(=O)O)c1O. The van der Waals surface area contributed by atoms with Gasteiger partial charge in [0.05, 0.1) is 11.4 Å². The molecule has 1 aliphatic rings. The van der Waals surface area contributed by atoms with Crippen molar-refractivity contribution < 1.29 is 15.0 Å². The van der Waals surface area contributed by atoms with E-state index < -0.39 is 22.8 Å². The molecule has 0 bridgehead atoms. The number of aromatic carboxylic acids is 1. The zero-order valence-electron chi connectivity index (χ0n) is 11.7. The molecule has 0 radical (unpaired) electrons. The second-order valence-electron chi connectivity index (χ2n) is 5.20. The van der Waals surface area contributed by atoms with Crippen LogP contribution >= 0.6 is 0 Å². The van der Waals surface area contributed by atoms with Crippen molar-refractivity contribution in [3.8, 4) is 17.3 Å². The molecular weight excluding hydrogens is 274 g/mol. The molecule has 0 amide bonds. The Morgan fingerprint density at radius 1 is 1.38 bits per heavy atom. The van der Waals surface area contributed by atoms with E-state index in [4.69, 9.17) is 5.11 Å². The van der Waals surface area contributed by atoms with E-state index in [2.05, 4.69) is 9.97 Å². The molecule has 0 saturated heterocycles. The van der Waals surface area contributed by atoms with Crippen LogP contribution in [0.3, 0.4) is 0 Å². The summed E-state index contributed by atoms with van der Waals surface area (Å²) in [7, 11) is 0. The van der Waals surface area contributed by atoms with Crippen LogP contribution in [0.15, 0.2) is 4.79 Å². The van der Waals surface area contributed by atoms with Crippen LogP contribution in [0.2, 0.25) is 0 Å². The molecule has 2 aromatic rings. The monoisotopic (exact) mass is 289 g/mol. The molecule has 7 nitrogen and oxygen atoms in total. The molecule has 0 fully saturated rings. The predicted molar refractivity (Wildman–Crippen MR) is 74.7 cm³/mol. The minimum absolute atomic E-state index is 0.413. The second-order valence-corrected chi connectivity index (χ2v) is 5.20. The Morgan fingerprint density at radius 2 is 2.10 bits per heavy atom. The number of hydrogen-bond donors (Lipinski definition) is 3. The van der Waals surface area contributed by atoms with Gasteiger partial charge in [-0.3, -0.25) is 4.79 Å². The third-order valence-corrected chi connectivity index (χ3v) is 3.99. The van der Waals surface area contributed by atoms with E-state index in [0.29, 0.717) is 30.0 Å². The Hall–Kier alpha value is -2.57. The highest BCUT2D eigenvalue weighted by Gasteiger charge is 2.27. The largest absolute Gasteiger partial charge is 0.506 e. The maximum atomic E-state index is 11.9. The second kappa shape index (κ2) is 4.47. The molecule has 3 N–H and O–H groups in total. The summed E-state index contributed by atoms with van der Waals surface area (Å²) in [5, 5.41) is 19.2. The molecule has 3 rings (SSSR count). The van der Waals surface area contributed by atoms with Crippen molar-refractivity contribution in [2.45, 2.75) is 33.2 Å². The lowest BCUT2D eigenvalue weighted by molar-refractivity contribution is 0.0691. The van der Waals surface area contributed by atoms with Crippen LogP contribution in [0.5, 0.6) is 5.75 Å². The number of aryl methyl sites for hydroxylation is 1. The van der Waals surface area contributed by atoms with Crippen molar-refractivity contribution in [3.63, 3.8) is 0 Å². The topological polar surface area (TPSA) is 108 Å². The van der Waals surface area contributed by atoms with Gasteiger partial charge in [0.25, 0.3) is 5.56 Å². The van der Waals surface area contributed by atoms with Gasteiger partial charge in [-0.1, -0.05) is 0 Å². The van der Waals surface area contributed by atoms with Crippen molar-refractivity contribution in [2.24, 2.45) is 0 Å². The van der Waals surface area contributed by atoms with E-state index in [-0.39, 0.29) is 0 Å². The molecule has 3 heterocycles. The van der Waals surface area contributed by atoms with Crippen LogP contribution in [0.4, 0.5) is 0 Å². The van der Waals surface area contributed by atoms with E-state index in [9.17, 15) is 14.7 Å². The fraction of sp³-hybridized carbons (Fsp3) is 0.357. The smallest absolute Gasteiger partial charge is 0.345 e. The minimum Gasteiger partial charge on any atom is -0.506 e. The number of fused-ring (bicyclic) bond motifs is 3. The number of rotatable bonds is 1. The van der Waals surface area contributed by atoms with Crippen LogP contribution in [0, 0.1) is 13.8 Å². The molecule has 0 spiro atoms. The number of nitrogens with one attached hydrogen (secondary N) is 1. The Labute approximate surface area is 119 Å². The number of carboxylic acids is 1. The maximum Gasteiger partial charge on any atom is 0.345 e. The first-order valence-electron chi connectivity index (χ1n) is 6.67. The van der Waals surface area contributed by atoms with Gasteiger partial charge in [-0.15, -0.1) is 0 Å². The molecular formula is C14H15N3O4. The number of nitrogens with zero attached hydrogens (tertiary/aromatic N) is 2. The standard InChI is InChI=1S/C14H15N3O4/c1-6-7(2)17-5-3-4-8-10(12(17)15-6)16-13(19)9(11(8)18)14(20)21/h3-5H2,1-2H3,(H,20,21)(H2,16,18,19). The number of aromatic nitrogens is 3. The lowest BCUT2D eigenvalue weighted by atomic mass is 10.0. The molecule has 110 valence electrons. The van der Waals surface area contributed by atoms with Crippen LogP contribution < -0.4 is 5.56 Å². The molecule has 7 heteroatoms. The fourth-order valence-corrected chi connectivity index (χ4v) is 2.79. The van der Waals surface area contributed by atoms with Gasteiger partial charge in [-0.25, -0.2) is 9.78 Å². The highest BCUT2D eigenvalue weighted by molar-refractivity contribution is 5.91. The number of aromatic amines is 1. The summed E-state index contributed by atoms with van der Waals surface area (Å²) in [6.07, 6.45) is 1.22. The van der Waals surface area contributed by atoms with Gasteiger partial charge >= 0.3 is 5.97 Å². The lowest BCUT2D eigenvalue weighted by Gasteiger charge is -2.09. The fourth-order valence-electron chi connectivity index (χ4n) is 2.79. The highest BCUT2D eigenvalue weighted by atomic mass is 16.4. The van der Waals surface area contributed by atoms with E-state index in [1.807, 2.05) is 18.4 Å². The Kier molecular flexibility index (Phi) is 2.86. The van der Waals surface area contributed by atoms with Gasteiger partial charge in [0.2, 0.25) is 0 Å². The summed E-state index contributed by atoms with van der Waals surface area (Å²) in [5.74, 6) is -1.31. The van der Waals surface area contributed by atoms with Crippen LogP contribution in [-0.4, -0.2) is 30.7 Å². The van der Waals surface area contributed by atoms with E-state index in [1.165, 1.54) is 0 Å². The van der Waals surface area contributed by atoms with Crippen molar-refractivity contribution in [1.82, 2.24) is 14.5 Å². The van der Waals surface area contributed by atoms with E-state index in [1.54, 1.807) is 0 Å². The first-order valence-corrected chi connectivity index (χ1v) is 6.67. The van der Waals surface area contributed by atoms with Crippen LogP contribution in [0.1, 0.15) is 33.7 Å². The zero-order valence-corrected chi connectivity index (χ0v) is 11.7. The summed E-state index contributed by atoms with van der Waals surface area (Å²) in [5.41, 5.74) is 1.28. The zero-order chi connectivity index (χ0) is 15.3. The Morgan fingerprint density at radius 3 is 2.76 bits per heavy atom. The summed E-state index contributed by atoms with van der Waals surface area (Å²) >= 11 is 0. The first kappa shape index (κ1) is 13.4. The Bertz CT molecular complexity index is 817. The van der Waals surface area contributed by atoms with Crippen LogP contribution in [0.25, 0.3) is 11.5 Å². The summed E-state index contributed by atoms with van der Waals surface area (Å²) < 4.78 is 1.98. The van der Waals surface area contributed by atoms with Gasteiger partial charge < -0.3 is 19.8 Å². The van der Waals surface area contributed by atoms with Crippen molar-refractivity contribution in [3.05, 3.63) is 32.9 Å². The summed E-state index contributed by atoms with van der Waals surface area (Å²) in [4.78, 5) is 30.1. The minimum atomic E-state index is -1.43. The Balaban J connectivity index is 2.37. The van der Waals surface area contributed by atoms with Gasteiger partial charge in [0.1, 0.15) is 5.75 Å². The molecule has 0 aliphatic carbocycles. The average Bonchev–Trinajstić information content (AvgIpc) is 2.58. The lowest BCUT2D eigenvalue weighted by Crippen LogP contribution is -2.20. The summed E-state index contributed by atoms with van der Waals surface area (Å²) in [6.45, 7) is 4.53. The molecule has 0 aromatic carbocycles. The number of aromatic hydroxyl groups is 1. The van der Waals surface area contributed by atoms with E-state index >= 15 is 0 Å². The molecule has 1 aliphatic heterocycles. The third kappa shape index (κ3) is 1.84.